The summed E-state index contributed by atoms with van der Waals surface area (Å²) in [6.07, 6.45) is 2.56. The molecule has 1 atom stereocenters. The summed E-state index contributed by atoms with van der Waals surface area (Å²) in [5.41, 5.74) is 0. The Kier molecular flexibility index (Phi) is 4.96. The molecule has 0 bridgehead atoms. The molecule has 0 rings (SSSR count). The summed E-state index contributed by atoms with van der Waals surface area (Å²) in [6.45, 7) is 2.30. The molecule has 0 spiro atoms. The van der Waals surface area contributed by atoms with Crippen molar-refractivity contribution < 1.29 is 19.4 Å². The Labute approximate surface area is 70.8 Å². The van der Waals surface area contributed by atoms with E-state index < -0.39 is 11.8 Å². The molecule has 4 nitrogen and oxygen atoms in total. The zero-order valence-corrected chi connectivity index (χ0v) is 7.11. The number of ketones is 1. The molecule has 0 aromatic rings. The van der Waals surface area contributed by atoms with Crippen molar-refractivity contribution in [2.45, 2.75) is 6.92 Å². The summed E-state index contributed by atoms with van der Waals surface area (Å²) in [7, 11) is 1.54. The summed E-state index contributed by atoms with van der Waals surface area (Å²) >= 11 is 0. The van der Waals surface area contributed by atoms with E-state index in [0.29, 0.717) is 6.61 Å². The number of methoxy groups -OCH3 is 1. The van der Waals surface area contributed by atoms with E-state index in [1.165, 1.54) is 6.08 Å². The summed E-state index contributed by atoms with van der Waals surface area (Å²) in [4.78, 5) is 20.6. The van der Waals surface area contributed by atoms with E-state index in [9.17, 15) is 9.59 Å². The Morgan fingerprint density at radius 2 is 2.17 bits per heavy atom. The number of ether oxygens (including phenoxy) is 1. The van der Waals surface area contributed by atoms with Crippen LogP contribution in [0.2, 0.25) is 0 Å². The maximum atomic E-state index is 10.5. The number of carboxylic acids is 1. The van der Waals surface area contributed by atoms with Gasteiger partial charge in [0.2, 0.25) is 0 Å². The molecule has 0 aromatic heterocycles. The fraction of sp³-hybridized carbons (Fsp3) is 0.500. The second kappa shape index (κ2) is 5.49. The van der Waals surface area contributed by atoms with Gasteiger partial charge in [-0.15, -0.1) is 0 Å². The monoisotopic (exact) mass is 172 g/mol. The highest BCUT2D eigenvalue weighted by molar-refractivity contribution is 6.37. The van der Waals surface area contributed by atoms with Gasteiger partial charge in [-0.1, -0.05) is 13.0 Å². The van der Waals surface area contributed by atoms with Gasteiger partial charge < -0.3 is 9.84 Å². The molecule has 0 radical (unpaired) electrons. The van der Waals surface area contributed by atoms with Gasteiger partial charge in [-0.2, -0.15) is 0 Å². The molecule has 0 aliphatic rings. The van der Waals surface area contributed by atoms with E-state index in [4.69, 9.17) is 9.84 Å². The highest BCUT2D eigenvalue weighted by Gasteiger charge is 2.06. The Hall–Kier alpha value is -1.16. The van der Waals surface area contributed by atoms with Crippen LogP contribution in [0, 0.1) is 5.92 Å². The van der Waals surface area contributed by atoms with E-state index in [2.05, 4.69) is 0 Å². The average Bonchev–Trinajstić information content (AvgIpc) is 2.00. The predicted molar refractivity (Wildman–Crippen MR) is 42.8 cm³/mol. The maximum Gasteiger partial charge on any atom is 0.376 e. The van der Waals surface area contributed by atoms with E-state index in [-0.39, 0.29) is 5.92 Å². The van der Waals surface area contributed by atoms with Gasteiger partial charge in [0.15, 0.2) is 0 Å². The standard InChI is InChI=1S/C8H12O4/c1-6(5-12-2)3-4-7(9)8(10)11/h3-4,6H,5H2,1-2H3,(H,10,11)/b4-3+. The first-order valence-corrected chi connectivity index (χ1v) is 3.52. The first-order valence-electron chi connectivity index (χ1n) is 3.52. The zero-order valence-electron chi connectivity index (χ0n) is 7.11. The van der Waals surface area contributed by atoms with Crippen LogP contribution >= 0.6 is 0 Å². The minimum absolute atomic E-state index is 0.0540. The number of carbonyl (C=O) groups excluding carboxylic acids is 1. The van der Waals surface area contributed by atoms with Crippen LogP contribution < -0.4 is 0 Å². The Bertz CT molecular complexity index is 195. The van der Waals surface area contributed by atoms with Gasteiger partial charge >= 0.3 is 5.97 Å². The summed E-state index contributed by atoms with van der Waals surface area (Å²) in [5, 5.41) is 8.19. The lowest BCUT2D eigenvalue weighted by atomic mass is 10.1. The van der Waals surface area contributed by atoms with Crippen LogP contribution in [-0.2, 0) is 14.3 Å². The Morgan fingerprint density at radius 3 is 2.58 bits per heavy atom. The van der Waals surface area contributed by atoms with Crippen molar-refractivity contribution in [2.24, 2.45) is 5.92 Å². The minimum Gasteiger partial charge on any atom is -0.475 e. The van der Waals surface area contributed by atoms with Gasteiger partial charge in [-0.25, -0.2) is 4.79 Å². The third-order valence-electron chi connectivity index (χ3n) is 1.22. The average molecular weight is 172 g/mol. The second-order valence-electron chi connectivity index (χ2n) is 2.46. The van der Waals surface area contributed by atoms with Crippen LogP contribution in [0.1, 0.15) is 6.92 Å². The van der Waals surface area contributed by atoms with Gasteiger partial charge in [0, 0.05) is 7.11 Å². The lowest BCUT2D eigenvalue weighted by Crippen LogP contribution is -2.09. The summed E-state index contributed by atoms with van der Waals surface area (Å²) in [6, 6.07) is 0. The number of hydrogen-bond donors (Lipinski definition) is 1. The fourth-order valence-corrected chi connectivity index (χ4v) is 0.641. The van der Waals surface area contributed by atoms with Crippen molar-refractivity contribution in [3.8, 4) is 0 Å². The lowest BCUT2D eigenvalue weighted by molar-refractivity contribution is -0.146. The van der Waals surface area contributed by atoms with Gasteiger partial charge in [-0.3, -0.25) is 4.79 Å². The normalized spacial score (nSPS) is 13.2. The molecule has 1 unspecified atom stereocenters. The van der Waals surface area contributed by atoms with E-state index in [1.807, 2.05) is 6.92 Å². The molecule has 12 heavy (non-hydrogen) atoms. The minimum atomic E-state index is -1.43. The molecular weight excluding hydrogens is 160 g/mol. The number of carboxylic acid groups (broad SMARTS) is 1. The van der Waals surface area contributed by atoms with Gasteiger partial charge in [0.05, 0.1) is 6.61 Å². The molecule has 0 saturated heterocycles. The van der Waals surface area contributed by atoms with E-state index in [1.54, 1.807) is 7.11 Å². The molecule has 0 fully saturated rings. The van der Waals surface area contributed by atoms with Crippen molar-refractivity contribution in [1.82, 2.24) is 0 Å². The third kappa shape index (κ3) is 4.62. The molecule has 0 heterocycles. The van der Waals surface area contributed by atoms with Gasteiger partial charge in [-0.05, 0) is 12.0 Å². The molecular formula is C8H12O4. The SMILES string of the molecule is COCC(C)/C=C/C(=O)C(=O)O. The molecule has 4 heteroatoms. The molecule has 0 aliphatic heterocycles. The zero-order chi connectivity index (χ0) is 9.56. The fourth-order valence-electron chi connectivity index (χ4n) is 0.641. The molecule has 0 saturated carbocycles. The van der Waals surface area contributed by atoms with Crippen LogP contribution in [0.3, 0.4) is 0 Å². The molecule has 0 aliphatic carbocycles. The van der Waals surface area contributed by atoms with Crippen molar-refractivity contribution in [1.29, 1.82) is 0 Å². The van der Waals surface area contributed by atoms with Crippen LogP contribution in [0.5, 0.6) is 0 Å². The van der Waals surface area contributed by atoms with Crippen LogP contribution in [0.15, 0.2) is 12.2 Å². The highest BCUT2D eigenvalue weighted by Crippen LogP contribution is 1.96. The summed E-state index contributed by atoms with van der Waals surface area (Å²) < 4.78 is 4.79. The van der Waals surface area contributed by atoms with Crippen molar-refractivity contribution in [3.63, 3.8) is 0 Å². The Morgan fingerprint density at radius 1 is 1.58 bits per heavy atom. The van der Waals surface area contributed by atoms with Crippen molar-refractivity contribution >= 4 is 11.8 Å². The third-order valence-corrected chi connectivity index (χ3v) is 1.22. The number of aliphatic carboxylic acids is 1. The molecule has 68 valence electrons. The van der Waals surface area contributed by atoms with Crippen LogP contribution in [0.4, 0.5) is 0 Å². The number of carbonyl (C=O) groups is 2. The van der Waals surface area contributed by atoms with E-state index >= 15 is 0 Å². The predicted octanol–water partition coefficient (Wildman–Crippen LogP) is 0.479. The van der Waals surface area contributed by atoms with Gasteiger partial charge in [0.25, 0.3) is 5.78 Å². The number of hydrogen-bond acceptors (Lipinski definition) is 3. The molecule has 1 N–H and O–H groups in total. The summed E-state index contributed by atoms with van der Waals surface area (Å²) in [5.74, 6) is -2.29. The topological polar surface area (TPSA) is 63.6 Å². The maximum absolute atomic E-state index is 10.5. The Balaban J connectivity index is 3.89. The van der Waals surface area contributed by atoms with Crippen LogP contribution in [-0.4, -0.2) is 30.6 Å². The smallest absolute Gasteiger partial charge is 0.376 e. The van der Waals surface area contributed by atoms with Gasteiger partial charge in [0.1, 0.15) is 0 Å². The molecule has 0 aromatic carbocycles. The number of rotatable bonds is 5. The first kappa shape index (κ1) is 10.8. The highest BCUT2D eigenvalue weighted by atomic mass is 16.5. The van der Waals surface area contributed by atoms with Crippen molar-refractivity contribution in [3.05, 3.63) is 12.2 Å². The lowest BCUT2D eigenvalue weighted by Gasteiger charge is -2.01. The largest absolute Gasteiger partial charge is 0.475 e. The van der Waals surface area contributed by atoms with E-state index in [0.717, 1.165) is 6.08 Å². The van der Waals surface area contributed by atoms with Crippen LogP contribution in [0.25, 0.3) is 0 Å². The quantitative estimate of drug-likeness (QED) is 0.484. The second-order valence-corrected chi connectivity index (χ2v) is 2.46. The van der Waals surface area contributed by atoms with Crippen molar-refractivity contribution in [2.75, 3.05) is 13.7 Å². The molecule has 0 amide bonds. The first-order chi connectivity index (χ1) is 5.57.